The standard InChI is InChI=1S/C23H23N3O6/c1-3-29-17-6-4-14(10-19(17)28-2)22-24-23(32-25-22)15-11-21(27)26(13-15)16-5-7-18-20(12-16)31-9-8-30-18/h4-7,10,12,15H,3,8-9,11,13H2,1-2H3. The molecule has 3 heterocycles. The number of ether oxygens (including phenoxy) is 4. The highest BCUT2D eigenvalue weighted by atomic mass is 16.6. The molecule has 1 amide bonds. The third kappa shape index (κ3) is 3.70. The third-order valence-electron chi connectivity index (χ3n) is 5.48. The molecule has 0 spiro atoms. The Kier molecular flexibility index (Phi) is 5.30. The van der Waals surface area contributed by atoms with Crippen molar-refractivity contribution < 1.29 is 28.3 Å². The highest BCUT2D eigenvalue weighted by molar-refractivity contribution is 5.96. The van der Waals surface area contributed by atoms with E-state index < -0.39 is 0 Å². The van der Waals surface area contributed by atoms with Crippen LogP contribution in [0, 0.1) is 0 Å². The van der Waals surface area contributed by atoms with Crippen LogP contribution in [0.1, 0.15) is 25.2 Å². The quantitative estimate of drug-likeness (QED) is 0.579. The van der Waals surface area contributed by atoms with Gasteiger partial charge < -0.3 is 28.4 Å². The largest absolute Gasteiger partial charge is 0.493 e. The zero-order chi connectivity index (χ0) is 22.1. The van der Waals surface area contributed by atoms with Crippen molar-refractivity contribution in [3.63, 3.8) is 0 Å². The van der Waals surface area contributed by atoms with E-state index in [0.717, 1.165) is 11.3 Å². The van der Waals surface area contributed by atoms with E-state index in [2.05, 4.69) is 10.1 Å². The van der Waals surface area contributed by atoms with Gasteiger partial charge in [0.05, 0.1) is 19.6 Å². The Bertz CT molecular complexity index is 1140. The van der Waals surface area contributed by atoms with E-state index in [0.29, 0.717) is 67.5 Å². The molecule has 0 aliphatic carbocycles. The lowest BCUT2D eigenvalue weighted by Gasteiger charge is -2.22. The maximum atomic E-state index is 12.7. The maximum Gasteiger partial charge on any atom is 0.232 e. The van der Waals surface area contributed by atoms with Crippen LogP contribution in [0.25, 0.3) is 11.4 Å². The SMILES string of the molecule is CCOc1ccc(-c2noc(C3CC(=O)N(c4ccc5c(c4)OCCO5)C3)n2)cc1OC. The van der Waals surface area contributed by atoms with Crippen molar-refractivity contribution in [2.45, 2.75) is 19.3 Å². The van der Waals surface area contributed by atoms with Gasteiger partial charge in [-0.25, -0.2) is 0 Å². The van der Waals surface area contributed by atoms with Gasteiger partial charge in [-0.05, 0) is 37.3 Å². The number of aromatic nitrogens is 2. The molecule has 0 radical (unpaired) electrons. The Labute approximate surface area is 184 Å². The molecule has 5 rings (SSSR count). The van der Waals surface area contributed by atoms with E-state index >= 15 is 0 Å². The smallest absolute Gasteiger partial charge is 0.232 e. The van der Waals surface area contributed by atoms with Gasteiger partial charge in [-0.3, -0.25) is 4.79 Å². The summed E-state index contributed by atoms with van der Waals surface area (Å²) in [6.07, 6.45) is 0.294. The fourth-order valence-corrected chi connectivity index (χ4v) is 3.92. The van der Waals surface area contributed by atoms with Crippen LogP contribution in [-0.4, -0.2) is 49.5 Å². The number of methoxy groups -OCH3 is 1. The van der Waals surface area contributed by atoms with Gasteiger partial charge in [-0.15, -0.1) is 0 Å². The first-order valence-electron chi connectivity index (χ1n) is 10.5. The molecule has 1 atom stereocenters. The summed E-state index contributed by atoms with van der Waals surface area (Å²) in [4.78, 5) is 19.0. The number of nitrogens with zero attached hydrogens (tertiary/aromatic N) is 3. The van der Waals surface area contributed by atoms with Crippen molar-refractivity contribution in [3.05, 3.63) is 42.3 Å². The van der Waals surface area contributed by atoms with Gasteiger partial charge in [0.2, 0.25) is 17.6 Å². The molecular weight excluding hydrogens is 414 g/mol. The summed E-state index contributed by atoms with van der Waals surface area (Å²) >= 11 is 0. The van der Waals surface area contributed by atoms with E-state index in [1.54, 1.807) is 18.1 Å². The van der Waals surface area contributed by atoms with Crippen LogP contribution in [0.4, 0.5) is 5.69 Å². The van der Waals surface area contributed by atoms with Crippen LogP contribution in [0.15, 0.2) is 40.9 Å². The number of hydrogen-bond acceptors (Lipinski definition) is 8. The lowest BCUT2D eigenvalue weighted by molar-refractivity contribution is -0.117. The van der Waals surface area contributed by atoms with Crippen molar-refractivity contribution in [2.24, 2.45) is 0 Å². The van der Waals surface area contributed by atoms with Gasteiger partial charge in [0, 0.05) is 30.3 Å². The Morgan fingerprint density at radius 2 is 1.94 bits per heavy atom. The van der Waals surface area contributed by atoms with E-state index in [1.807, 2.05) is 37.3 Å². The lowest BCUT2D eigenvalue weighted by Crippen LogP contribution is -2.24. The average Bonchev–Trinajstić information content (AvgIpc) is 3.46. The molecule has 2 aromatic carbocycles. The van der Waals surface area contributed by atoms with Gasteiger partial charge in [-0.1, -0.05) is 5.16 Å². The fourth-order valence-electron chi connectivity index (χ4n) is 3.92. The van der Waals surface area contributed by atoms with E-state index in [4.69, 9.17) is 23.5 Å². The summed E-state index contributed by atoms with van der Waals surface area (Å²) in [5.74, 6) is 3.25. The van der Waals surface area contributed by atoms with Crippen LogP contribution in [0.3, 0.4) is 0 Å². The Hall–Kier alpha value is -3.75. The van der Waals surface area contributed by atoms with Crippen molar-refractivity contribution in [1.29, 1.82) is 0 Å². The van der Waals surface area contributed by atoms with Crippen LogP contribution < -0.4 is 23.8 Å². The number of carbonyl (C=O) groups excluding carboxylic acids is 1. The molecule has 0 saturated carbocycles. The van der Waals surface area contributed by atoms with Gasteiger partial charge >= 0.3 is 0 Å². The summed E-state index contributed by atoms with van der Waals surface area (Å²) in [6, 6.07) is 11.0. The molecule has 32 heavy (non-hydrogen) atoms. The van der Waals surface area contributed by atoms with Crippen LogP contribution in [0.5, 0.6) is 23.0 Å². The number of hydrogen-bond donors (Lipinski definition) is 0. The Balaban J connectivity index is 1.34. The molecular formula is C23H23N3O6. The molecule has 1 aromatic heterocycles. The van der Waals surface area contributed by atoms with Crippen LogP contribution in [-0.2, 0) is 4.79 Å². The van der Waals surface area contributed by atoms with Gasteiger partial charge in [0.25, 0.3) is 0 Å². The van der Waals surface area contributed by atoms with Crippen LogP contribution >= 0.6 is 0 Å². The normalized spacial score (nSPS) is 17.5. The summed E-state index contributed by atoms with van der Waals surface area (Å²) in [7, 11) is 1.58. The number of benzene rings is 2. The molecule has 9 heteroatoms. The molecule has 0 bridgehead atoms. The van der Waals surface area contributed by atoms with Gasteiger partial charge in [-0.2, -0.15) is 4.98 Å². The topological polar surface area (TPSA) is 96.2 Å². The molecule has 9 nitrogen and oxygen atoms in total. The highest BCUT2D eigenvalue weighted by Gasteiger charge is 2.35. The summed E-state index contributed by atoms with van der Waals surface area (Å²) in [6.45, 7) is 3.92. The molecule has 166 valence electrons. The molecule has 0 N–H and O–H groups in total. The Morgan fingerprint density at radius 3 is 2.75 bits per heavy atom. The first-order valence-corrected chi connectivity index (χ1v) is 10.5. The van der Waals surface area contributed by atoms with Crippen molar-refractivity contribution in [3.8, 4) is 34.4 Å². The molecule has 3 aromatic rings. The lowest BCUT2D eigenvalue weighted by atomic mass is 10.1. The first-order chi connectivity index (χ1) is 15.7. The minimum Gasteiger partial charge on any atom is -0.493 e. The van der Waals surface area contributed by atoms with Crippen molar-refractivity contribution in [1.82, 2.24) is 10.1 Å². The molecule has 1 fully saturated rings. The summed E-state index contributed by atoms with van der Waals surface area (Å²) in [5, 5.41) is 4.11. The number of fused-ring (bicyclic) bond motifs is 1. The zero-order valence-electron chi connectivity index (χ0n) is 17.9. The van der Waals surface area contributed by atoms with Crippen LogP contribution in [0.2, 0.25) is 0 Å². The fraction of sp³-hybridized carbons (Fsp3) is 0.348. The van der Waals surface area contributed by atoms with E-state index in [9.17, 15) is 4.79 Å². The van der Waals surface area contributed by atoms with Gasteiger partial charge in [0.1, 0.15) is 13.2 Å². The Morgan fingerprint density at radius 1 is 1.09 bits per heavy atom. The molecule has 1 saturated heterocycles. The number of amides is 1. The summed E-state index contributed by atoms with van der Waals surface area (Å²) < 4.78 is 27.7. The monoisotopic (exact) mass is 437 g/mol. The predicted octanol–water partition coefficient (Wildman–Crippen LogP) is 3.44. The number of carbonyl (C=O) groups is 1. The minimum absolute atomic E-state index is 0.00540. The first kappa shape index (κ1) is 20.2. The van der Waals surface area contributed by atoms with Crippen molar-refractivity contribution in [2.75, 3.05) is 38.4 Å². The molecule has 2 aliphatic rings. The average molecular weight is 437 g/mol. The minimum atomic E-state index is -0.193. The number of rotatable bonds is 6. The second-order valence-electron chi connectivity index (χ2n) is 7.49. The molecule has 2 aliphatic heterocycles. The van der Waals surface area contributed by atoms with Crippen molar-refractivity contribution >= 4 is 11.6 Å². The molecule has 1 unspecified atom stereocenters. The predicted molar refractivity (Wildman–Crippen MR) is 115 cm³/mol. The zero-order valence-corrected chi connectivity index (χ0v) is 17.9. The third-order valence-corrected chi connectivity index (χ3v) is 5.48. The maximum absolute atomic E-state index is 12.7. The number of anilines is 1. The second-order valence-corrected chi connectivity index (χ2v) is 7.49. The highest BCUT2D eigenvalue weighted by Crippen LogP contribution is 2.38. The van der Waals surface area contributed by atoms with Gasteiger partial charge in [0.15, 0.2) is 23.0 Å². The second kappa shape index (κ2) is 8.41. The summed E-state index contributed by atoms with van der Waals surface area (Å²) in [5.41, 5.74) is 1.51. The van der Waals surface area contributed by atoms with E-state index in [1.165, 1.54) is 0 Å². The van der Waals surface area contributed by atoms with E-state index in [-0.39, 0.29) is 11.8 Å².